The van der Waals surface area contributed by atoms with Gasteiger partial charge in [0.25, 0.3) is 0 Å². The molecular weight excluding hydrogens is 240 g/mol. The predicted molar refractivity (Wildman–Crippen MR) is 65.2 cm³/mol. The minimum Gasteiger partial charge on any atom is -0.399 e. The van der Waals surface area contributed by atoms with E-state index in [9.17, 15) is 0 Å². The highest BCUT2D eigenvalue weighted by Gasteiger charge is 1.95. The molecule has 0 unspecified atom stereocenters. The van der Waals surface area contributed by atoms with Crippen molar-refractivity contribution in [3.8, 4) is 0 Å². The Hall–Kier alpha value is -1.09. The van der Waals surface area contributed by atoms with E-state index >= 15 is 0 Å². The Morgan fingerprint density at radius 2 is 1.93 bits per heavy atom. The largest absolute Gasteiger partial charge is 0.399 e. The van der Waals surface area contributed by atoms with Crippen molar-refractivity contribution < 1.29 is 0 Å². The van der Waals surface area contributed by atoms with Crippen molar-refractivity contribution >= 4 is 32.5 Å². The van der Waals surface area contributed by atoms with Gasteiger partial charge in [0.1, 0.15) is 0 Å². The summed E-state index contributed by atoms with van der Waals surface area (Å²) in [5.74, 6) is 0. The average Bonchev–Trinajstić information content (AvgIpc) is 2.21. The smallest absolute Gasteiger partial charge is 0.0723 e. The summed E-state index contributed by atoms with van der Waals surface area (Å²) in [6.45, 7) is 4.00. The highest BCUT2D eigenvalue weighted by Crippen LogP contribution is 2.18. The van der Waals surface area contributed by atoms with E-state index in [0.717, 1.165) is 21.1 Å². The number of aromatic nitrogens is 1. The lowest BCUT2D eigenvalue weighted by atomic mass is 10.2. The number of anilines is 1. The number of rotatable bonds is 0. The standard InChI is InChI=1S/C9H7BrN2.C2H6/c10-7-3-6-1-2-8(11)4-9(6)12-5-7;1-2/h1-5H,11H2;1-2H3. The van der Waals surface area contributed by atoms with E-state index in [2.05, 4.69) is 20.9 Å². The average molecular weight is 253 g/mol. The van der Waals surface area contributed by atoms with Crippen LogP contribution in [0.5, 0.6) is 0 Å². The fourth-order valence-electron chi connectivity index (χ4n) is 1.11. The molecule has 1 heterocycles. The van der Waals surface area contributed by atoms with Crippen LogP contribution in [0.2, 0.25) is 0 Å². The van der Waals surface area contributed by atoms with Crippen molar-refractivity contribution in [3.63, 3.8) is 0 Å². The van der Waals surface area contributed by atoms with E-state index in [1.807, 2.05) is 38.1 Å². The molecule has 0 aliphatic carbocycles. The van der Waals surface area contributed by atoms with Gasteiger partial charge in [-0.2, -0.15) is 0 Å². The topological polar surface area (TPSA) is 38.9 Å². The summed E-state index contributed by atoms with van der Waals surface area (Å²) in [5, 5.41) is 1.10. The van der Waals surface area contributed by atoms with Gasteiger partial charge in [-0.15, -0.1) is 0 Å². The fourth-order valence-corrected chi connectivity index (χ4v) is 1.46. The van der Waals surface area contributed by atoms with Crippen molar-refractivity contribution in [2.24, 2.45) is 0 Å². The molecule has 2 nitrogen and oxygen atoms in total. The van der Waals surface area contributed by atoms with Crippen LogP contribution < -0.4 is 5.73 Å². The fraction of sp³-hybridized carbons (Fsp3) is 0.182. The lowest BCUT2D eigenvalue weighted by Crippen LogP contribution is -1.85. The van der Waals surface area contributed by atoms with Gasteiger partial charge in [0.2, 0.25) is 0 Å². The number of hydrogen-bond acceptors (Lipinski definition) is 2. The molecule has 1 aromatic heterocycles. The van der Waals surface area contributed by atoms with Crippen molar-refractivity contribution in [1.82, 2.24) is 4.98 Å². The maximum absolute atomic E-state index is 5.61. The van der Waals surface area contributed by atoms with Gasteiger partial charge in [-0.3, -0.25) is 4.98 Å². The molecule has 0 bridgehead atoms. The van der Waals surface area contributed by atoms with Crippen LogP contribution in [0.15, 0.2) is 34.9 Å². The van der Waals surface area contributed by atoms with E-state index in [1.165, 1.54) is 0 Å². The van der Waals surface area contributed by atoms with Gasteiger partial charge < -0.3 is 5.73 Å². The van der Waals surface area contributed by atoms with Crippen molar-refractivity contribution in [2.75, 3.05) is 5.73 Å². The summed E-state index contributed by atoms with van der Waals surface area (Å²) in [6, 6.07) is 7.71. The number of halogens is 1. The molecule has 0 atom stereocenters. The van der Waals surface area contributed by atoms with Crippen LogP contribution in [0.25, 0.3) is 10.9 Å². The number of pyridine rings is 1. The monoisotopic (exact) mass is 252 g/mol. The van der Waals surface area contributed by atoms with E-state index in [-0.39, 0.29) is 0 Å². The summed E-state index contributed by atoms with van der Waals surface area (Å²) >= 11 is 3.36. The van der Waals surface area contributed by atoms with Gasteiger partial charge in [-0.1, -0.05) is 19.9 Å². The minimum atomic E-state index is 0.748. The van der Waals surface area contributed by atoms with Gasteiger partial charge in [0, 0.05) is 21.7 Å². The first-order valence-electron chi connectivity index (χ1n) is 4.56. The first kappa shape index (κ1) is 11.0. The van der Waals surface area contributed by atoms with Gasteiger partial charge in [-0.25, -0.2) is 0 Å². The molecule has 2 rings (SSSR count). The van der Waals surface area contributed by atoms with Crippen molar-refractivity contribution in [3.05, 3.63) is 34.9 Å². The van der Waals surface area contributed by atoms with Crippen LogP contribution in [0.3, 0.4) is 0 Å². The maximum Gasteiger partial charge on any atom is 0.0723 e. The third-order valence-corrected chi connectivity index (χ3v) is 2.11. The molecule has 0 amide bonds. The molecule has 0 saturated heterocycles. The quantitative estimate of drug-likeness (QED) is 0.728. The van der Waals surface area contributed by atoms with Crippen LogP contribution in [-0.4, -0.2) is 4.98 Å². The molecule has 14 heavy (non-hydrogen) atoms. The van der Waals surface area contributed by atoms with Crippen molar-refractivity contribution in [2.45, 2.75) is 13.8 Å². The Morgan fingerprint density at radius 3 is 2.64 bits per heavy atom. The molecule has 74 valence electrons. The van der Waals surface area contributed by atoms with Gasteiger partial charge >= 0.3 is 0 Å². The number of fused-ring (bicyclic) bond motifs is 1. The molecule has 0 aliphatic heterocycles. The molecule has 0 aliphatic rings. The molecule has 2 aromatic rings. The Balaban J connectivity index is 0.000000461. The minimum absolute atomic E-state index is 0.748. The molecule has 0 saturated carbocycles. The summed E-state index contributed by atoms with van der Waals surface area (Å²) in [4.78, 5) is 4.21. The lowest BCUT2D eigenvalue weighted by molar-refractivity contribution is 1.39. The third kappa shape index (κ3) is 2.45. The first-order valence-corrected chi connectivity index (χ1v) is 5.36. The molecule has 1 aromatic carbocycles. The Kier molecular flexibility index (Phi) is 3.89. The lowest BCUT2D eigenvalue weighted by Gasteiger charge is -1.98. The molecule has 0 radical (unpaired) electrons. The number of nitrogens with two attached hydrogens (primary N) is 1. The summed E-state index contributed by atoms with van der Waals surface area (Å²) in [7, 11) is 0. The Morgan fingerprint density at radius 1 is 1.21 bits per heavy atom. The van der Waals surface area contributed by atoms with Crippen LogP contribution in [0.1, 0.15) is 13.8 Å². The Bertz CT molecular complexity index is 385. The molecule has 3 heteroatoms. The zero-order valence-corrected chi connectivity index (χ0v) is 9.88. The molecular formula is C11H13BrN2. The highest BCUT2D eigenvalue weighted by molar-refractivity contribution is 9.10. The van der Waals surface area contributed by atoms with E-state index in [0.29, 0.717) is 0 Å². The van der Waals surface area contributed by atoms with Crippen molar-refractivity contribution in [1.29, 1.82) is 0 Å². The van der Waals surface area contributed by atoms with Crippen LogP contribution >= 0.6 is 15.9 Å². The zero-order valence-electron chi connectivity index (χ0n) is 8.29. The van der Waals surface area contributed by atoms with Gasteiger partial charge in [0.15, 0.2) is 0 Å². The predicted octanol–water partition coefficient (Wildman–Crippen LogP) is 3.61. The second-order valence-corrected chi connectivity index (χ2v) is 3.52. The van der Waals surface area contributed by atoms with E-state index in [4.69, 9.17) is 5.73 Å². The summed E-state index contributed by atoms with van der Waals surface area (Å²) < 4.78 is 0.986. The van der Waals surface area contributed by atoms with Crippen LogP contribution in [-0.2, 0) is 0 Å². The van der Waals surface area contributed by atoms with Crippen LogP contribution in [0.4, 0.5) is 5.69 Å². The molecule has 0 spiro atoms. The summed E-state index contributed by atoms with van der Waals surface area (Å²) in [6.07, 6.45) is 1.77. The Labute approximate surface area is 92.3 Å². The first-order chi connectivity index (χ1) is 6.75. The SMILES string of the molecule is CC.Nc1ccc2cc(Br)cnc2c1. The summed E-state index contributed by atoms with van der Waals surface area (Å²) in [5.41, 5.74) is 7.29. The second kappa shape index (κ2) is 4.96. The number of hydrogen-bond donors (Lipinski definition) is 1. The van der Waals surface area contributed by atoms with Gasteiger partial charge in [-0.05, 0) is 34.1 Å². The molecule has 0 fully saturated rings. The zero-order chi connectivity index (χ0) is 10.6. The van der Waals surface area contributed by atoms with E-state index in [1.54, 1.807) is 6.20 Å². The highest BCUT2D eigenvalue weighted by atomic mass is 79.9. The maximum atomic E-state index is 5.61. The number of nitrogens with zero attached hydrogens (tertiary/aromatic N) is 1. The normalized spacial score (nSPS) is 9.36. The number of benzene rings is 1. The van der Waals surface area contributed by atoms with Crippen LogP contribution in [0, 0.1) is 0 Å². The number of nitrogen functional groups attached to an aromatic ring is 1. The van der Waals surface area contributed by atoms with Gasteiger partial charge in [0.05, 0.1) is 5.52 Å². The second-order valence-electron chi connectivity index (χ2n) is 2.61. The molecule has 2 N–H and O–H groups in total. The van der Waals surface area contributed by atoms with E-state index < -0.39 is 0 Å². The third-order valence-electron chi connectivity index (χ3n) is 1.67.